The molecule has 3 aromatic carbocycles. The highest BCUT2D eigenvalue weighted by Crippen LogP contribution is 2.25. The number of methoxy groups -OCH3 is 2. The van der Waals surface area contributed by atoms with Crippen LogP contribution in [0.2, 0.25) is 0 Å². The molecule has 0 saturated carbocycles. The Bertz CT molecular complexity index is 1300. The molecule has 0 unspecified atom stereocenters. The number of carbonyl (C=O) groups excluding carboxylic acids is 1. The van der Waals surface area contributed by atoms with Gasteiger partial charge in [0, 0.05) is 41.6 Å². The first-order valence-corrected chi connectivity index (χ1v) is 10.4. The summed E-state index contributed by atoms with van der Waals surface area (Å²) in [7, 11) is 3.14. The maximum Gasteiger partial charge on any atom is 0.251 e. The van der Waals surface area contributed by atoms with E-state index < -0.39 is 0 Å². The molecule has 7 nitrogen and oxygen atoms in total. The van der Waals surface area contributed by atoms with Crippen LogP contribution in [0.1, 0.15) is 15.9 Å². The maximum atomic E-state index is 13.2. The van der Waals surface area contributed by atoms with E-state index in [0.29, 0.717) is 40.1 Å². The lowest BCUT2D eigenvalue weighted by Crippen LogP contribution is -2.23. The van der Waals surface area contributed by atoms with E-state index in [9.17, 15) is 9.18 Å². The quantitative estimate of drug-likeness (QED) is 0.398. The van der Waals surface area contributed by atoms with Gasteiger partial charge in [0.25, 0.3) is 5.91 Å². The third-order valence-electron chi connectivity index (χ3n) is 4.98. The molecule has 0 spiro atoms. The summed E-state index contributed by atoms with van der Waals surface area (Å²) in [6.45, 7) is 0.282. The van der Waals surface area contributed by atoms with E-state index in [1.165, 1.54) is 12.1 Å². The number of nitrogens with one attached hydrogen (secondary N) is 1. The van der Waals surface area contributed by atoms with Crippen LogP contribution < -0.4 is 19.5 Å². The Labute approximate surface area is 196 Å². The number of amides is 1. The van der Waals surface area contributed by atoms with Gasteiger partial charge in [0.15, 0.2) is 5.82 Å². The third kappa shape index (κ3) is 5.47. The number of ether oxygens (including phenoxy) is 3. The number of hydrogen-bond acceptors (Lipinski definition) is 6. The fourth-order valence-corrected chi connectivity index (χ4v) is 3.23. The van der Waals surface area contributed by atoms with E-state index in [-0.39, 0.29) is 18.3 Å². The Morgan fingerprint density at radius 2 is 1.76 bits per heavy atom. The molecule has 1 N–H and O–H groups in total. The predicted molar refractivity (Wildman–Crippen MR) is 125 cm³/mol. The van der Waals surface area contributed by atoms with Crippen molar-refractivity contribution in [3.05, 3.63) is 95.9 Å². The Morgan fingerprint density at radius 1 is 0.941 bits per heavy atom. The molecule has 34 heavy (non-hydrogen) atoms. The molecule has 1 amide bonds. The Balaban J connectivity index is 1.44. The Hall–Kier alpha value is -4.46. The molecule has 0 radical (unpaired) electrons. The van der Waals surface area contributed by atoms with Crippen molar-refractivity contribution >= 4 is 5.91 Å². The first-order valence-electron chi connectivity index (χ1n) is 10.4. The average molecular weight is 459 g/mol. The van der Waals surface area contributed by atoms with E-state index >= 15 is 0 Å². The van der Waals surface area contributed by atoms with Gasteiger partial charge in [0.05, 0.1) is 14.2 Å². The van der Waals surface area contributed by atoms with Gasteiger partial charge in [-0.25, -0.2) is 9.37 Å². The molecule has 0 aliphatic carbocycles. The molecule has 1 heterocycles. The van der Waals surface area contributed by atoms with Crippen LogP contribution in [0.4, 0.5) is 4.39 Å². The van der Waals surface area contributed by atoms with Crippen LogP contribution in [0, 0.1) is 5.82 Å². The normalized spacial score (nSPS) is 10.4. The van der Waals surface area contributed by atoms with Crippen LogP contribution >= 0.6 is 0 Å². The van der Waals surface area contributed by atoms with Gasteiger partial charge in [-0.3, -0.25) is 4.79 Å². The predicted octanol–water partition coefficient (Wildman–Crippen LogP) is 5.02. The zero-order valence-electron chi connectivity index (χ0n) is 18.6. The number of aromatic nitrogens is 2. The fourth-order valence-electron chi connectivity index (χ4n) is 3.23. The first-order chi connectivity index (χ1) is 16.6. The van der Waals surface area contributed by atoms with Crippen LogP contribution in [0.3, 0.4) is 0 Å². The van der Waals surface area contributed by atoms with E-state index in [1.807, 2.05) is 6.07 Å². The molecule has 0 fully saturated rings. The van der Waals surface area contributed by atoms with Crippen molar-refractivity contribution in [2.45, 2.75) is 6.54 Å². The largest absolute Gasteiger partial charge is 0.497 e. The van der Waals surface area contributed by atoms with Crippen molar-refractivity contribution in [3.63, 3.8) is 0 Å². The second-order valence-electron chi connectivity index (χ2n) is 7.22. The lowest BCUT2D eigenvalue weighted by atomic mass is 10.1. The van der Waals surface area contributed by atoms with Crippen LogP contribution in [-0.4, -0.2) is 30.1 Å². The van der Waals surface area contributed by atoms with Crippen molar-refractivity contribution in [1.82, 2.24) is 15.3 Å². The highest BCUT2D eigenvalue weighted by Gasteiger charge is 2.11. The van der Waals surface area contributed by atoms with Gasteiger partial charge in [0.2, 0.25) is 5.88 Å². The van der Waals surface area contributed by atoms with E-state index in [4.69, 9.17) is 14.2 Å². The minimum atomic E-state index is -0.336. The topological polar surface area (TPSA) is 82.6 Å². The van der Waals surface area contributed by atoms with Gasteiger partial charge >= 0.3 is 0 Å². The van der Waals surface area contributed by atoms with Crippen molar-refractivity contribution < 1.29 is 23.4 Å². The van der Waals surface area contributed by atoms with Crippen molar-refractivity contribution in [3.8, 4) is 34.5 Å². The van der Waals surface area contributed by atoms with E-state index in [1.54, 1.807) is 75.0 Å². The molecule has 4 rings (SSSR count). The van der Waals surface area contributed by atoms with Crippen molar-refractivity contribution in [2.75, 3.05) is 14.2 Å². The number of rotatable bonds is 8. The van der Waals surface area contributed by atoms with Gasteiger partial charge in [0.1, 0.15) is 23.1 Å². The fraction of sp³-hybridized carbons (Fsp3) is 0.115. The number of carbonyl (C=O) groups is 1. The molecular weight excluding hydrogens is 437 g/mol. The lowest BCUT2D eigenvalue weighted by molar-refractivity contribution is 0.0950. The zero-order valence-corrected chi connectivity index (χ0v) is 18.6. The number of benzene rings is 3. The summed E-state index contributed by atoms with van der Waals surface area (Å²) in [5, 5.41) is 2.88. The lowest BCUT2D eigenvalue weighted by Gasteiger charge is -2.12. The smallest absolute Gasteiger partial charge is 0.251 e. The summed E-state index contributed by atoms with van der Waals surface area (Å²) in [5.41, 5.74) is 1.91. The summed E-state index contributed by atoms with van der Waals surface area (Å²) >= 11 is 0. The van der Waals surface area contributed by atoms with Crippen LogP contribution in [0.5, 0.6) is 23.1 Å². The molecule has 0 aliphatic rings. The highest BCUT2D eigenvalue weighted by atomic mass is 19.1. The molecular formula is C26H22FN3O4. The van der Waals surface area contributed by atoms with Gasteiger partial charge in [-0.2, -0.15) is 4.98 Å². The zero-order chi connectivity index (χ0) is 23.9. The summed E-state index contributed by atoms with van der Waals surface area (Å²) in [4.78, 5) is 21.3. The van der Waals surface area contributed by atoms with Gasteiger partial charge in [-0.15, -0.1) is 0 Å². The average Bonchev–Trinajstić information content (AvgIpc) is 2.88. The second-order valence-corrected chi connectivity index (χ2v) is 7.22. The summed E-state index contributed by atoms with van der Waals surface area (Å²) in [6.07, 6.45) is 1.56. The van der Waals surface area contributed by atoms with Crippen LogP contribution in [0.25, 0.3) is 11.4 Å². The standard InChI is InChI=1S/C26H22FN3O4/c1-32-21-11-8-19(23(15-21)33-2)16-29-26(31)18-4-3-5-22(14-18)34-24-12-13-28-25(30-24)17-6-9-20(27)10-7-17/h3-15H,16H2,1-2H3,(H,29,31). The van der Waals surface area contributed by atoms with Gasteiger partial charge < -0.3 is 19.5 Å². The molecule has 172 valence electrons. The molecule has 0 atom stereocenters. The minimum absolute atomic E-state index is 0.266. The molecule has 4 aromatic rings. The molecule has 0 saturated heterocycles. The van der Waals surface area contributed by atoms with Gasteiger partial charge in [-0.05, 0) is 54.6 Å². The number of halogens is 1. The minimum Gasteiger partial charge on any atom is -0.497 e. The highest BCUT2D eigenvalue weighted by molar-refractivity contribution is 5.94. The SMILES string of the molecule is COc1ccc(CNC(=O)c2cccc(Oc3ccnc(-c4ccc(F)cc4)n3)c2)c(OC)c1. The molecule has 8 heteroatoms. The number of nitrogens with zero attached hydrogens (tertiary/aromatic N) is 2. The number of hydrogen-bond donors (Lipinski definition) is 1. The van der Waals surface area contributed by atoms with E-state index in [2.05, 4.69) is 15.3 Å². The van der Waals surface area contributed by atoms with Crippen molar-refractivity contribution in [2.24, 2.45) is 0 Å². The molecule has 0 aliphatic heterocycles. The van der Waals surface area contributed by atoms with Crippen LogP contribution in [0.15, 0.2) is 79.0 Å². The summed E-state index contributed by atoms with van der Waals surface area (Å²) in [5.74, 6) is 1.84. The van der Waals surface area contributed by atoms with Crippen LogP contribution in [-0.2, 0) is 6.54 Å². The van der Waals surface area contributed by atoms with Gasteiger partial charge in [-0.1, -0.05) is 6.07 Å². The Morgan fingerprint density at radius 3 is 2.53 bits per heavy atom. The first kappa shape index (κ1) is 22.7. The molecule has 1 aromatic heterocycles. The summed E-state index contributed by atoms with van der Waals surface area (Å²) in [6, 6.07) is 19.7. The monoisotopic (exact) mass is 459 g/mol. The third-order valence-corrected chi connectivity index (χ3v) is 4.98. The molecule has 0 bridgehead atoms. The van der Waals surface area contributed by atoms with Crippen molar-refractivity contribution in [1.29, 1.82) is 0 Å². The summed E-state index contributed by atoms with van der Waals surface area (Å²) < 4.78 is 29.6. The maximum absolute atomic E-state index is 13.2. The van der Waals surface area contributed by atoms with E-state index in [0.717, 1.165) is 5.56 Å². The Kier molecular flexibility index (Phi) is 6.98. The second kappa shape index (κ2) is 10.4.